The third-order valence-corrected chi connectivity index (χ3v) is 3.94. The lowest BCUT2D eigenvalue weighted by atomic mass is 9.77. The van der Waals surface area contributed by atoms with Crippen LogP contribution in [0.3, 0.4) is 0 Å². The standard InChI is InChI=1S/C16H17N3O2/c20-14-15(21)19(11-10-18-14)12-16(7-3-1-4-8-16)13-6-2-5-9-17-13/h1-7,9H,8,10-12H2,(H,18,20). The molecule has 108 valence electrons. The Morgan fingerprint density at radius 3 is 2.90 bits per heavy atom. The van der Waals surface area contributed by atoms with Crippen LogP contribution in [0.1, 0.15) is 12.1 Å². The van der Waals surface area contributed by atoms with E-state index >= 15 is 0 Å². The molecule has 2 aliphatic rings. The summed E-state index contributed by atoms with van der Waals surface area (Å²) in [6, 6.07) is 5.79. The summed E-state index contributed by atoms with van der Waals surface area (Å²) in [4.78, 5) is 29.6. The summed E-state index contributed by atoms with van der Waals surface area (Å²) in [6.45, 7) is 1.51. The van der Waals surface area contributed by atoms with Crippen molar-refractivity contribution in [2.75, 3.05) is 19.6 Å². The predicted octanol–water partition coefficient (Wildman–Crippen LogP) is 0.794. The molecule has 0 aromatic carbocycles. The van der Waals surface area contributed by atoms with Crippen LogP contribution in [-0.4, -0.2) is 41.3 Å². The second kappa shape index (κ2) is 5.52. The maximum absolute atomic E-state index is 12.0. The van der Waals surface area contributed by atoms with E-state index in [0.717, 1.165) is 12.1 Å². The summed E-state index contributed by atoms with van der Waals surface area (Å²) in [5.74, 6) is -0.979. The zero-order valence-corrected chi connectivity index (χ0v) is 11.7. The fourth-order valence-electron chi connectivity index (χ4n) is 2.83. The minimum Gasteiger partial charge on any atom is -0.346 e. The monoisotopic (exact) mass is 283 g/mol. The average molecular weight is 283 g/mol. The zero-order valence-electron chi connectivity index (χ0n) is 11.7. The molecule has 0 bridgehead atoms. The molecule has 1 aromatic heterocycles. The number of carbonyl (C=O) groups excluding carboxylic acids is 2. The van der Waals surface area contributed by atoms with E-state index in [2.05, 4.69) is 22.5 Å². The molecule has 0 radical (unpaired) electrons. The third kappa shape index (κ3) is 2.59. The van der Waals surface area contributed by atoms with Gasteiger partial charge >= 0.3 is 11.8 Å². The van der Waals surface area contributed by atoms with Gasteiger partial charge in [0.05, 0.1) is 11.1 Å². The lowest BCUT2D eigenvalue weighted by molar-refractivity contribution is -0.148. The molecule has 0 saturated carbocycles. The first-order valence-corrected chi connectivity index (χ1v) is 7.04. The number of hydrogen-bond acceptors (Lipinski definition) is 3. The Kier molecular flexibility index (Phi) is 3.56. The molecule has 2 heterocycles. The zero-order chi connectivity index (χ0) is 14.7. The van der Waals surface area contributed by atoms with Gasteiger partial charge in [0, 0.05) is 25.8 Å². The smallest absolute Gasteiger partial charge is 0.311 e. The lowest BCUT2D eigenvalue weighted by Gasteiger charge is -2.37. The van der Waals surface area contributed by atoms with Crippen molar-refractivity contribution in [1.82, 2.24) is 15.2 Å². The van der Waals surface area contributed by atoms with Crippen molar-refractivity contribution in [2.45, 2.75) is 11.8 Å². The van der Waals surface area contributed by atoms with Gasteiger partial charge in [-0.2, -0.15) is 0 Å². The third-order valence-electron chi connectivity index (χ3n) is 3.94. The van der Waals surface area contributed by atoms with Gasteiger partial charge in [0.15, 0.2) is 0 Å². The first kappa shape index (κ1) is 13.5. The van der Waals surface area contributed by atoms with E-state index in [-0.39, 0.29) is 5.41 Å². The van der Waals surface area contributed by atoms with Crippen molar-refractivity contribution < 1.29 is 9.59 Å². The minimum absolute atomic E-state index is 0.358. The van der Waals surface area contributed by atoms with Gasteiger partial charge in [0.25, 0.3) is 0 Å². The molecule has 2 amide bonds. The molecule has 5 nitrogen and oxygen atoms in total. The number of aromatic nitrogens is 1. The van der Waals surface area contributed by atoms with Gasteiger partial charge in [-0.1, -0.05) is 30.4 Å². The Bertz CT molecular complexity index is 609. The van der Waals surface area contributed by atoms with Gasteiger partial charge in [0.1, 0.15) is 0 Å². The summed E-state index contributed by atoms with van der Waals surface area (Å²) < 4.78 is 0. The number of allylic oxidation sites excluding steroid dienone is 3. The normalized spacial score (nSPS) is 25.0. The molecule has 0 spiro atoms. The van der Waals surface area contributed by atoms with Gasteiger partial charge in [-0.3, -0.25) is 14.6 Å². The highest BCUT2D eigenvalue weighted by Crippen LogP contribution is 2.32. The summed E-state index contributed by atoms with van der Waals surface area (Å²) in [5, 5.41) is 2.57. The van der Waals surface area contributed by atoms with Crippen LogP contribution in [0.5, 0.6) is 0 Å². The topological polar surface area (TPSA) is 62.3 Å². The molecule has 1 N–H and O–H groups in total. The van der Waals surface area contributed by atoms with Crippen molar-refractivity contribution in [2.24, 2.45) is 0 Å². The molecule has 3 rings (SSSR count). The summed E-state index contributed by atoms with van der Waals surface area (Å²) in [5.41, 5.74) is 0.563. The molecule has 5 heteroatoms. The van der Waals surface area contributed by atoms with Crippen LogP contribution in [0.15, 0.2) is 48.7 Å². The molecular formula is C16H17N3O2. The van der Waals surface area contributed by atoms with Crippen molar-refractivity contribution >= 4 is 11.8 Å². The molecular weight excluding hydrogens is 266 g/mol. The highest BCUT2D eigenvalue weighted by atomic mass is 16.2. The number of nitrogens with zero attached hydrogens (tertiary/aromatic N) is 2. The molecule has 1 atom stereocenters. The summed E-state index contributed by atoms with van der Waals surface area (Å²) in [7, 11) is 0. The van der Waals surface area contributed by atoms with Crippen molar-refractivity contribution in [3.05, 3.63) is 54.4 Å². The molecule has 1 aromatic rings. The van der Waals surface area contributed by atoms with E-state index in [1.165, 1.54) is 0 Å². The highest BCUT2D eigenvalue weighted by molar-refractivity contribution is 6.35. The molecule has 1 fully saturated rings. The fourth-order valence-corrected chi connectivity index (χ4v) is 2.83. The van der Waals surface area contributed by atoms with Crippen LogP contribution in [-0.2, 0) is 15.0 Å². The van der Waals surface area contributed by atoms with Gasteiger partial charge in [-0.25, -0.2) is 0 Å². The average Bonchev–Trinajstić information content (AvgIpc) is 2.54. The number of nitrogens with one attached hydrogen (secondary N) is 1. The first-order valence-electron chi connectivity index (χ1n) is 7.04. The fraction of sp³-hybridized carbons (Fsp3) is 0.312. The van der Waals surface area contributed by atoms with E-state index in [1.807, 2.05) is 30.4 Å². The van der Waals surface area contributed by atoms with E-state index < -0.39 is 11.8 Å². The van der Waals surface area contributed by atoms with E-state index in [9.17, 15) is 9.59 Å². The van der Waals surface area contributed by atoms with Crippen LogP contribution >= 0.6 is 0 Å². The Morgan fingerprint density at radius 1 is 1.29 bits per heavy atom. The quantitative estimate of drug-likeness (QED) is 0.834. The maximum Gasteiger partial charge on any atom is 0.311 e. The Morgan fingerprint density at radius 2 is 2.19 bits per heavy atom. The van der Waals surface area contributed by atoms with Crippen molar-refractivity contribution in [3.63, 3.8) is 0 Å². The first-order chi connectivity index (χ1) is 10.2. The number of pyridine rings is 1. The van der Waals surface area contributed by atoms with Gasteiger partial charge < -0.3 is 10.2 Å². The van der Waals surface area contributed by atoms with Gasteiger partial charge in [-0.05, 0) is 18.6 Å². The van der Waals surface area contributed by atoms with Crippen molar-refractivity contribution in [3.8, 4) is 0 Å². The van der Waals surface area contributed by atoms with Crippen molar-refractivity contribution in [1.29, 1.82) is 0 Å². The van der Waals surface area contributed by atoms with Crippen LogP contribution < -0.4 is 5.32 Å². The highest BCUT2D eigenvalue weighted by Gasteiger charge is 2.37. The molecule has 1 aliphatic carbocycles. The largest absolute Gasteiger partial charge is 0.346 e. The molecule has 1 aliphatic heterocycles. The number of carbonyl (C=O) groups is 2. The van der Waals surface area contributed by atoms with Crippen LogP contribution in [0.4, 0.5) is 0 Å². The summed E-state index contributed by atoms with van der Waals surface area (Å²) in [6.07, 6.45) is 10.6. The second-order valence-corrected chi connectivity index (χ2v) is 5.35. The number of hydrogen-bond donors (Lipinski definition) is 1. The van der Waals surface area contributed by atoms with Crippen LogP contribution in [0, 0.1) is 0 Å². The number of piperazine rings is 1. The number of amides is 2. The van der Waals surface area contributed by atoms with Gasteiger partial charge in [0.2, 0.25) is 0 Å². The Balaban J connectivity index is 1.91. The van der Waals surface area contributed by atoms with E-state index in [1.54, 1.807) is 11.1 Å². The van der Waals surface area contributed by atoms with E-state index in [4.69, 9.17) is 0 Å². The van der Waals surface area contributed by atoms with Crippen LogP contribution in [0.25, 0.3) is 0 Å². The Hall–Kier alpha value is -2.43. The molecule has 1 unspecified atom stereocenters. The lowest BCUT2D eigenvalue weighted by Crippen LogP contribution is -2.55. The SMILES string of the molecule is O=C1NCCN(CC2(c3ccccn3)C=CC=CC2)C1=O. The molecule has 21 heavy (non-hydrogen) atoms. The molecule has 1 saturated heterocycles. The van der Waals surface area contributed by atoms with E-state index in [0.29, 0.717) is 19.6 Å². The summed E-state index contributed by atoms with van der Waals surface area (Å²) >= 11 is 0. The Labute approximate surface area is 123 Å². The van der Waals surface area contributed by atoms with Crippen LogP contribution in [0.2, 0.25) is 0 Å². The number of rotatable bonds is 3. The minimum atomic E-state index is -0.521. The second-order valence-electron chi connectivity index (χ2n) is 5.35. The maximum atomic E-state index is 12.0. The van der Waals surface area contributed by atoms with Gasteiger partial charge in [-0.15, -0.1) is 0 Å². The predicted molar refractivity (Wildman–Crippen MR) is 78.4 cm³/mol.